The minimum Gasteiger partial charge on any atom is -0.459 e. The maximum absolute atomic E-state index is 13.2. The molecule has 3 rings (SSSR count). The van der Waals surface area contributed by atoms with Crippen LogP contribution in [0.25, 0.3) is 11.0 Å². The van der Waals surface area contributed by atoms with Crippen molar-refractivity contribution in [3.63, 3.8) is 0 Å². The molecule has 7 heteroatoms. The van der Waals surface area contributed by atoms with Crippen LogP contribution < -0.4 is 11.3 Å². The van der Waals surface area contributed by atoms with E-state index in [2.05, 4.69) is 15.0 Å². The maximum Gasteiger partial charge on any atom is 0.134 e. The molecule has 0 saturated heterocycles. The summed E-state index contributed by atoms with van der Waals surface area (Å²) in [5, 5.41) is 4.65. The molecule has 1 unspecified atom stereocenters. The first kappa shape index (κ1) is 12.2. The normalized spacial score (nSPS) is 13.0. The van der Waals surface area contributed by atoms with Gasteiger partial charge in [0.15, 0.2) is 0 Å². The number of hydrogen-bond acceptors (Lipinski definition) is 6. The van der Waals surface area contributed by atoms with Gasteiger partial charge in [-0.2, -0.15) is 0 Å². The van der Waals surface area contributed by atoms with Crippen molar-refractivity contribution in [3.05, 3.63) is 46.4 Å². The van der Waals surface area contributed by atoms with Crippen molar-refractivity contribution in [2.75, 3.05) is 0 Å². The van der Waals surface area contributed by atoms with E-state index in [-0.39, 0.29) is 11.9 Å². The van der Waals surface area contributed by atoms with E-state index in [1.54, 1.807) is 12.1 Å². The highest BCUT2D eigenvalue weighted by atomic mass is 32.1. The van der Waals surface area contributed by atoms with Crippen molar-refractivity contribution < 1.29 is 8.81 Å². The predicted molar refractivity (Wildman–Crippen MR) is 70.0 cm³/mol. The number of benzene rings is 1. The third-order valence-electron chi connectivity index (χ3n) is 2.90. The van der Waals surface area contributed by atoms with E-state index in [0.717, 1.165) is 10.6 Å². The number of nitrogens with one attached hydrogen (secondary N) is 1. The van der Waals surface area contributed by atoms with Crippen LogP contribution in [0.15, 0.2) is 28.7 Å². The molecule has 3 N–H and O–H groups in total. The summed E-state index contributed by atoms with van der Waals surface area (Å²) in [6.45, 7) is 1.85. The topological polar surface area (TPSA) is 77.0 Å². The lowest BCUT2D eigenvalue weighted by atomic mass is 10.1. The number of rotatable bonds is 3. The molecule has 1 aromatic carbocycles. The summed E-state index contributed by atoms with van der Waals surface area (Å²) in [7, 11) is 0. The molecule has 0 aliphatic rings. The number of nitrogens with two attached hydrogens (primary N) is 1. The lowest BCUT2D eigenvalue weighted by Crippen LogP contribution is -2.28. The second-order valence-corrected chi connectivity index (χ2v) is 4.94. The van der Waals surface area contributed by atoms with Crippen LogP contribution in [0, 0.1) is 12.7 Å². The number of aryl methyl sites for hydroxylation is 1. The molecule has 0 aliphatic heterocycles. The van der Waals surface area contributed by atoms with Gasteiger partial charge in [-0.15, -0.1) is 5.10 Å². The first-order chi connectivity index (χ1) is 9.19. The Morgan fingerprint density at radius 2 is 2.26 bits per heavy atom. The van der Waals surface area contributed by atoms with Crippen LogP contribution in [0.3, 0.4) is 0 Å². The summed E-state index contributed by atoms with van der Waals surface area (Å²) in [5.41, 5.74) is 4.09. The fraction of sp³-hybridized carbons (Fsp3) is 0.167. The molecule has 0 amide bonds. The van der Waals surface area contributed by atoms with Crippen molar-refractivity contribution in [2.24, 2.45) is 5.84 Å². The SMILES string of the molecule is Cc1nnsc1C(NN)c1cc2cc(F)ccc2o1. The molecule has 1 atom stereocenters. The number of furan rings is 1. The molecule has 0 fully saturated rings. The molecule has 2 heterocycles. The van der Waals surface area contributed by atoms with Crippen LogP contribution in [0.2, 0.25) is 0 Å². The number of hydrazine groups is 1. The monoisotopic (exact) mass is 278 g/mol. The number of fused-ring (bicyclic) bond motifs is 1. The lowest BCUT2D eigenvalue weighted by Gasteiger charge is -2.10. The van der Waals surface area contributed by atoms with E-state index in [1.165, 1.54) is 23.7 Å². The van der Waals surface area contributed by atoms with Crippen molar-refractivity contribution in [3.8, 4) is 0 Å². The molecule has 0 radical (unpaired) electrons. The average Bonchev–Trinajstić information content (AvgIpc) is 2.97. The Hall–Kier alpha value is -1.83. The Morgan fingerprint density at radius 3 is 2.95 bits per heavy atom. The summed E-state index contributed by atoms with van der Waals surface area (Å²) < 4.78 is 22.7. The van der Waals surface area contributed by atoms with Gasteiger partial charge in [0.1, 0.15) is 23.2 Å². The Kier molecular flexibility index (Phi) is 3.02. The van der Waals surface area contributed by atoms with Crippen molar-refractivity contribution in [2.45, 2.75) is 13.0 Å². The Balaban J connectivity index is 2.09. The van der Waals surface area contributed by atoms with Gasteiger partial charge in [0.2, 0.25) is 0 Å². The van der Waals surface area contributed by atoms with E-state index in [4.69, 9.17) is 10.3 Å². The number of aromatic nitrogens is 2. The van der Waals surface area contributed by atoms with Crippen LogP contribution in [0.4, 0.5) is 4.39 Å². The number of nitrogens with zero attached hydrogens (tertiary/aromatic N) is 2. The summed E-state index contributed by atoms with van der Waals surface area (Å²) in [6, 6.07) is 5.81. The molecule has 0 spiro atoms. The van der Waals surface area contributed by atoms with Crippen molar-refractivity contribution >= 4 is 22.5 Å². The van der Waals surface area contributed by atoms with Gasteiger partial charge in [0.05, 0.1) is 10.6 Å². The Morgan fingerprint density at radius 1 is 1.42 bits per heavy atom. The molecule has 0 bridgehead atoms. The van der Waals surface area contributed by atoms with E-state index >= 15 is 0 Å². The van der Waals surface area contributed by atoms with Gasteiger partial charge in [0, 0.05) is 5.39 Å². The quantitative estimate of drug-likeness (QED) is 0.568. The molecule has 0 saturated carbocycles. The molecular formula is C12H11FN4OS. The average molecular weight is 278 g/mol. The zero-order valence-electron chi connectivity index (χ0n) is 10.1. The number of hydrogen-bond donors (Lipinski definition) is 2. The summed E-state index contributed by atoms with van der Waals surface area (Å²) in [6.07, 6.45) is 0. The third kappa shape index (κ3) is 2.12. The molecule has 3 aromatic rings. The fourth-order valence-corrected chi connectivity index (χ4v) is 2.68. The second kappa shape index (κ2) is 4.69. The highest BCUT2D eigenvalue weighted by Crippen LogP contribution is 2.30. The molecule has 19 heavy (non-hydrogen) atoms. The third-order valence-corrected chi connectivity index (χ3v) is 3.79. The van der Waals surface area contributed by atoms with Crippen LogP contribution in [-0.4, -0.2) is 9.59 Å². The first-order valence-corrected chi connectivity index (χ1v) is 6.40. The van der Waals surface area contributed by atoms with Crippen LogP contribution in [0.1, 0.15) is 22.4 Å². The minimum absolute atomic E-state index is 0.298. The van der Waals surface area contributed by atoms with E-state index in [9.17, 15) is 4.39 Å². The highest BCUT2D eigenvalue weighted by Gasteiger charge is 2.22. The van der Waals surface area contributed by atoms with Crippen LogP contribution in [0.5, 0.6) is 0 Å². The molecular weight excluding hydrogens is 267 g/mol. The van der Waals surface area contributed by atoms with Gasteiger partial charge >= 0.3 is 0 Å². The zero-order chi connectivity index (χ0) is 13.4. The smallest absolute Gasteiger partial charge is 0.134 e. The van der Waals surface area contributed by atoms with E-state index < -0.39 is 0 Å². The summed E-state index contributed by atoms with van der Waals surface area (Å²) in [5.74, 6) is 5.89. The highest BCUT2D eigenvalue weighted by molar-refractivity contribution is 7.05. The van der Waals surface area contributed by atoms with Gasteiger partial charge in [-0.1, -0.05) is 4.49 Å². The van der Waals surface area contributed by atoms with Gasteiger partial charge in [0.25, 0.3) is 0 Å². The zero-order valence-corrected chi connectivity index (χ0v) is 10.9. The Labute approximate surface area is 112 Å². The van der Waals surface area contributed by atoms with E-state index in [1.807, 2.05) is 6.92 Å². The predicted octanol–water partition coefficient (Wildman–Crippen LogP) is 2.28. The molecule has 0 aliphatic carbocycles. The van der Waals surface area contributed by atoms with Crippen molar-refractivity contribution in [1.29, 1.82) is 0 Å². The fourth-order valence-electron chi connectivity index (χ4n) is 1.97. The molecule has 5 nitrogen and oxygen atoms in total. The van der Waals surface area contributed by atoms with Crippen molar-refractivity contribution in [1.82, 2.24) is 15.0 Å². The first-order valence-electron chi connectivity index (χ1n) is 5.63. The number of halogens is 1. The van der Waals surface area contributed by atoms with E-state index in [0.29, 0.717) is 16.7 Å². The maximum atomic E-state index is 13.2. The minimum atomic E-state index is -0.338. The van der Waals surface area contributed by atoms with Crippen LogP contribution in [-0.2, 0) is 0 Å². The van der Waals surface area contributed by atoms with Gasteiger partial charge < -0.3 is 4.42 Å². The van der Waals surface area contributed by atoms with Gasteiger partial charge in [-0.25, -0.2) is 9.82 Å². The lowest BCUT2D eigenvalue weighted by molar-refractivity contribution is 0.479. The largest absolute Gasteiger partial charge is 0.459 e. The van der Waals surface area contributed by atoms with Gasteiger partial charge in [-0.05, 0) is 42.7 Å². The molecule has 98 valence electrons. The second-order valence-electron chi connectivity index (χ2n) is 4.15. The summed E-state index contributed by atoms with van der Waals surface area (Å²) >= 11 is 1.25. The summed E-state index contributed by atoms with van der Waals surface area (Å²) in [4.78, 5) is 0.877. The van der Waals surface area contributed by atoms with Gasteiger partial charge in [-0.3, -0.25) is 5.84 Å². The standard InChI is InChI=1S/C12H11FN4OS/c1-6-12(19-17-16-6)11(15-14)10-5-7-4-8(13)2-3-9(7)18-10/h2-5,11,15H,14H2,1H3. The van der Waals surface area contributed by atoms with Crippen LogP contribution >= 0.6 is 11.5 Å². The molecule has 2 aromatic heterocycles. The Bertz CT molecular complexity index is 723.